The van der Waals surface area contributed by atoms with Gasteiger partial charge in [0.15, 0.2) is 0 Å². The molecule has 13 heteroatoms. The molecule has 8 bridgehead atoms. The van der Waals surface area contributed by atoms with E-state index in [1.807, 2.05) is 96.3 Å². The summed E-state index contributed by atoms with van der Waals surface area (Å²) in [6.45, 7) is 1.94. The number of aromatic nitrogens is 8. The van der Waals surface area contributed by atoms with Gasteiger partial charge in [-0.25, -0.2) is 9.97 Å². The normalized spacial score (nSPS) is 12.0. The molecule has 0 saturated carbocycles. The first-order chi connectivity index (χ1) is 25.4. The Morgan fingerprint density at radius 1 is 0.453 bits per heavy atom. The van der Waals surface area contributed by atoms with Crippen LogP contribution in [0.1, 0.15) is 0 Å². The Morgan fingerprint density at radius 2 is 0.774 bits per heavy atom. The molecule has 0 fully saturated rings. The average molecular weight is 784 g/mol. The molecule has 0 unspecified atom stereocenters. The number of fused-ring (bicyclic) bond motifs is 20. The Morgan fingerprint density at radius 3 is 1.11 bits per heavy atom. The molecule has 0 atom stereocenters. The van der Waals surface area contributed by atoms with Crippen LogP contribution in [0, 0.1) is 0 Å². The van der Waals surface area contributed by atoms with E-state index in [-0.39, 0.29) is 19.5 Å². The van der Waals surface area contributed by atoms with Crippen molar-refractivity contribution in [3.63, 3.8) is 0 Å². The number of hydrogen-bond donors (Lipinski definition) is 0. The van der Waals surface area contributed by atoms with Gasteiger partial charge >= 0.3 is 19.5 Å². The SMILES string of the molecule is CN(C)CCSc1cc2c3nc4nc(nc5[n-]c(nc6nc(nc([n-]3)c2cc1SCCN(C)C)-c1ccccc1-6)c1ccccc51)-c1ccccc1-4.[Zn+2]. The largest absolute Gasteiger partial charge is 2.00 e. The third-order valence-corrected chi connectivity index (χ3v) is 11.3. The Balaban J connectivity index is 0.00000400. The van der Waals surface area contributed by atoms with Gasteiger partial charge < -0.3 is 39.7 Å². The first kappa shape index (κ1) is 35.5. The molecule has 53 heavy (non-hydrogen) atoms. The zero-order valence-electron chi connectivity index (χ0n) is 29.9. The first-order valence-corrected chi connectivity index (χ1v) is 19.1. The van der Waals surface area contributed by atoms with Crippen LogP contribution in [0.15, 0.2) is 94.7 Å². The van der Waals surface area contributed by atoms with Crippen molar-refractivity contribution in [2.75, 3.05) is 52.8 Å². The summed E-state index contributed by atoms with van der Waals surface area (Å²) in [5, 5.41) is 3.63. The summed E-state index contributed by atoms with van der Waals surface area (Å²) in [7, 11) is 8.43. The van der Waals surface area contributed by atoms with E-state index >= 15 is 0 Å². The zero-order chi connectivity index (χ0) is 35.3. The van der Waals surface area contributed by atoms with Gasteiger partial charge in [0.25, 0.3) is 0 Å². The van der Waals surface area contributed by atoms with E-state index in [1.54, 1.807) is 0 Å². The van der Waals surface area contributed by atoms with Gasteiger partial charge in [0.05, 0.1) is 23.3 Å². The van der Waals surface area contributed by atoms with Crippen LogP contribution in [-0.4, -0.2) is 92.5 Å². The molecule has 2 aliphatic heterocycles. The summed E-state index contributed by atoms with van der Waals surface area (Å²) in [5.41, 5.74) is 5.80. The van der Waals surface area contributed by atoms with Crippen LogP contribution in [0.25, 0.3) is 89.7 Å². The van der Waals surface area contributed by atoms with Gasteiger partial charge in [-0.3, -0.25) is 0 Å². The van der Waals surface area contributed by atoms with Gasteiger partial charge in [-0.2, -0.15) is 0 Å². The van der Waals surface area contributed by atoms with Crippen LogP contribution in [0.3, 0.4) is 0 Å². The average Bonchev–Trinajstić information content (AvgIpc) is 3.87. The van der Waals surface area contributed by atoms with E-state index in [2.05, 4.69) is 50.1 Å². The van der Waals surface area contributed by atoms with Gasteiger partial charge in [0.2, 0.25) is 0 Å². The first-order valence-electron chi connectivity index (χ1n) is 17.1. The molecule has 7 aromatic rings. The fourth-order valence-electron chi connectivity index (χ4n) is 6.42. The molecule has 0 saturated heterocycles. The molecule has 2 aliphatic rings. The van der Waals surface area contributed by atoms with Crippen LogP contribution in [-0.2, 0) is 19.5 Å². The van der Waals surface area contributed by atoms with Crippen molar-refractivity contribution >= 4 is 67.7 Å². The van der Waals surface area contributed by atoms with Crippen LogP contribution < -0.4 is 9.97 Å². The Hall–Kier alpha value is -4.52. The predicted molar refractivity (Wildman–Crippen MR) is 213 cm³/mol. The molecule has 5 heterocycles. The maximum Gasteiger partial charge on any atom is 2.00 e. The fourth-order valence-corrected chi connectivity index (χ4v) is 8.93. The summed E-state index contributed by atoms with van der Waals surface area (Å²) in [5.74, 6) is 4.13. The van der Waals surface area contributed by atoms with Crippen molar-refractivity contribution in [3.8, 4) is 45.6 Å². The monoisotopic (exact) mass is 782 g/mol. The molecule has 10 nitrogen and oxygen atoms in total. The summed E-state index contributed by atoms with van der Waals surface area (Å²) >= 11 is 3.72. The molecule has 0 spiro atoms. The molecule has 9 rings (SSSR count). The van der Waals surface area contributed by atoms with E-state index in [0.29, 0.717) is 45.9 Å². The molecular weight excluding hydrogens is 750 g/mol. The standard InChI is InChI=1S/C40H34N10S2.Zn/c1-49(2)17-19-51-31-21-29-30(22-32(31)52-20-18-50(3)4)40-47-38-28-16-10-8-14-26(28)36(45-38)43-34-24-12-6-5-11-23(24)33(41-34)42-35-25-13-7-9-15-27(25)37(44-35)46-39(29)48-40;/h5-16,21-22H,17-20H2,1-4H3;/q-2;+2. The van der Waals surface area contributed by atoms with Gasteiger partial charge in [-0.1, -0.05) is 72.8 Å². The summed E-state index contributed by atoms with van der Waals surface area (Å²) in [4.78, 5) is 47.4. The number of thioether (sulfide) groups is 2. The van der Waals surface area contributed by atoms with Gasteiger partial charge in [-0.05, 0) is 61.9 Å². The van der Waals surface area contributed by atoms with Crippen molar-refractivity contribution in [1.82, 2.24) is 49.7 Å². The van der Waals surface area contributed by atoms with E-state index in [0.717, 1.165) is 68.4 Å². The molecule has 4 aromatic carbocycles. The minimum atomic E-state index is 0. The van der Waals surface area contributed by atoms with Gasteiger partial charge in [0, 0.05) is 79.2 Å². The second kappa shape index (κ2) is 14.7. The van der Waals surface area contributed by atoms with Crippen molar-refractivity contribution in [3.05, 3.63) is 84.9 Å². The van der Waals surface area contributed by atoms with Crippen molar-refractivity contribution in [1.29, 1.82) is 0 Å². The quantitative estimate of drug-likeness (QED) is 0.113. The minimum absolute atomic E-state index is 0. The molecule has 3 aromatic heterocycles. The maximum atomic E-state index is 5.18. The minimum Gasteiger partial charge on any atom is -0.357 e. The Labute approximate surface area is 328 Å². The summed E-state index contributed by atoms with van der Waals surface area (Å²) < 4.78 is 0. The van der Waals surface area contributed by atoms with E-state index < -0.39 is 0 Å². The van der Waals surface area contributed by atoms with Crippen molar-refractivity contribution in [2.24, 2.45) is 0 Å². The second-order valence-electron chi connectivity index (χ2n) is 13.3. The molecule has 258 valence electrons. The summed E-state index contributed by atoms with van der Waals surface area (Å²) in [6.07, 6.45) is 0. The third-order valence-electron chi connectivity index (χ3n) is 9.08. The molecule has 0 amide bonds. The maximum absolute atomic E-state index is 5.18. The Kier molecular flexibility index (Phi) is 9.86. The van der Waals surface area contributed by atoms with Crippen LogP contribution in [0.2, 0.25) is 0 Å². The molecule has 0 N–H and O–H groups in total. The van der Waals surface area contributed by atoms with E-state index in [4.69, 9.17) is 39.9 Å². The fraction of sp³-hybridized carbons (Fsp3) is 0.200. The van der Waals surface area contributed by atoms with Gasteiger partial charge in [-0.15, -0.1) is 23.5 Å². The van der Waals surface area contributed by atoms with Crippen molar-refractivity contribution in [2.45, 2.75) is 9.79 Å². The van der Waals surface area contributed by atoms with Gasteiger partial charge in [0.1, 0.15) is 0 Å². The Bertz CT molecular complexity index is 2510. The summed E-state index contributed by atoms with van der Waals surface area (Å²) in [6, 6.07) is 28.6. The van der Waals surface area contributed by atoms with Crippen LogP contribution in [0.5, 0.6) is 0 Å². The number of nitrogens with zero attached hydrogens (tertiary/aromatic N) is 10. The topological polar surface area (TPSA) is 112 Å². The van der Waals surface area contributed by atoms with E-state index in [1.165, 1.54) is 9.79 Å². The molecule has 0 radical (unpaired) electrons. The van der Waals surface area contributed by atoms with Crippen LogP contribution in [0.4, 0.5) is 0 Å². The molecule has 0 aliphatic carbocycles. The predicted octanol–water partition coefficient (Wildman–Crippen LogP) is 7.43. The number of benzene rings is 4. The third kappa shape index (κ3) is 6.77. The number of hydrogen-bond acceptors (Lipinski definition) is 10. The molecular formula is C40H34N10S2Zn. The second-order valence-corrected chi connectivity index (χ2v) is 15.5. The van der Waals surface area contributed by atoms with E-state index in [9.17, 15) is 0 Å². The number of rotatable bonds is 8. The zero-order valence-corrected chi connectivity index (χ0v) is 34.5. The van der Waals surface area contributed by atoms with Crippen LogP contribution >= 0.6 is 23.5 Å². The van der Waals surface area contributed by atoms with Crippen molar-refractivity contribution < 1.29 is 19.5 Å². The smallest absolute Gasteiger partial charge is 0.357 e.